The molecule has 0 unspecified atom stereocenters. The Morgan fingerprint density at radius 3 is 1.40 bits per heavy atom. The van der Waals surface area contributed by atoms with Gasteiger partial charge in [0.1, 0.15) is 0 Å². The molecule has 0 atom stereocenters. The van der Waals surface area contributed by atoms with Gasteiger partial charge in [0.2, 0.25) is 0 Å². The number of rotatable bonds is 0. The summed E-state index contributed by atoms with van der Waals surface area (Å²) in [5, 5.41) is 0. The van der Waals surface area contributed by atoms with Crippen LogP contribution in [-0.4, -0.2) is 0 Å². The van der Waals surface area contributed by atoms with Crippen LogP contribution in [0.4, 0.5) is 0 Å². The maximum atomic E-state index is 8.41. The zero-order valence-electron chi connectivity index (χ0n) is 2.90. The van der Waals surface area contributed by atoms with Crippen molar-refractivity contribution in [3.8, 4) is 0 Å². The summed E-state index contributed by atoms with van der Waals surface area (Å²) in [5.41, 5.74) is 0. The van der Waals surface area contributed by atoms with Gasteiger partial charge in [-0.3, -0.25) is 0 Å². The first-order valence-corrected chi connectivity index (χ1v) is 1.98. The van der Waals surface area contributed by atoms with Crippen molar-refractivity contribution in [2.45, 2.75) is 6.92 Å². The Labute approximate surface area is 37.1 Å². The SMILES string of the molecule is [CH2-]C.[O]=[Mn]=[O]. The van der Waals surface area contributed by atoms with E-state index in [0.717, 1.165) is 0 Å². The van der Waals surface area contributed by atoms with E-state index < -0.39 is 14.8 Å². The third-order valence-electron chi connectivity index (χ3n) is 0. The minimum atomic E-state index is -1.44. The van der Waals surface area contributed by atoms with Gasteiger partial charge in [0.25, 0.3) is 0 Å². The average Bonchev–Trinajstić information content (AvgIpc) is 1.46. The molecule has 0 aromatic rings. The van der Waals surface area contributed by atoms with Gasteiger partial charge >= 0.3 is 22.5 Å². The zero-order chi connectivity index (χ0) is 4.71. The molecule has 0 aliphatic heterocycles. The molecule has 0 amide bonds. The van der Waals surface area contributed by atoms with Crippen LogP contribution in [0.1, 0.15) is 6.92 Å². The second kappa shape index (κ2) is 32.0. The van der Waals surface area contributed by atoms with E-state index in [1.54, 1.807) is 6.92 Å². The van der Waals surface area contributed by atoms with Crippen molar-refractivity contribution in [2.75, 3.05) is 0 Å². The van der Waals surface area contributed by atoms with Crippen LogP contribution in [0.3, 0.4) is 0 Å². The molecule has 5 heavy (non-hydrogen) atoms. The third-order valence-corrected chi connectivity index (χ3v) is 0. The molecule has 0 aliphatic rings. The summed E-state index contributed by atoms with van der Waals surface area (Å²) < 4.78 is 16.8. The summed E-state index contributed by atoms with van der Waals surface area (Å²) in [5.74, 6) is 0. The Kier molecular flexibility index (Phi) is 57.1. The van der Waals surface area contributed by atoms with Gasteiger partial charge in [0.15, 0.2) is 0 Å². The van der Waals surface area contributed by atoms with Crippen molar-refractivity contribution < 1.29 is 22.5 Å². The van der Waals surface area contributed by atoms with Crippen LogP contribution in [0.25, 0.3) is 0 Å². The van der Waals surface area contributed by atoms with Gasteiger partial charge in [-0.15, -0.1) is 0 Å². The Bertz CT molecular complexity index is 28.6. The van der Waals surface area contributed by atoms with Gasteiger partial charge in [0, 0.05) is 0 Å². The van der Waals surface area contributed by atoms with Crippen molar-refractivity contribution in [1.82, 2.24) is 0 Å². The molecule has 0 saturated carbocycles. The summed E-state index contributed by atoms with van der Waals surface area (Å²) >= 11 is -1.44. The molecule has 0 rings (SSSR count). The van der Waals surface area contributed by atoms with Crippen molar-refractivity contribution in [1.29, 1.82) is 0 Å². The van der Waals surface area contributed by atoms with E-state index in [-0.39, 0.29) is 0 Å². The number of hydrogen-bond acceptors (Lipinski definition) is 2. The van der Waals surface area contributed by atoms with E-state index in [1.165, 1.54) is 0 Å². The van der Waals surface area contributed by atoms with Crippen molar-refractivity contribution in [3.05, 3.63) is 6.92 Å². The first kappa shape index (κ1) is 8.93. The second-order valence-electron chi connectivity index (χ2n) is 0.0630. The molecule has 3 heteroatoms. The van der Waals surface area contributed by atoms with Crippen LogP contribution >= 0.6 is 0 Å². The summed E-state index contributed by atoms with van der Waals surface area (Å²) in [6, 6.07) is 0. The average molecular weight is 116 g/mol. The van der Waals surface area contributed by atoms with E-state index in [1.807, 2.05) is 0 Å². The first-order valence-electron chi connectivity index (χ1n) is 1.02. The molecular formula is C2H5MnO2-. The first-order chi connectivity index (χ1) is 2.41. The quantitative estimate of drug-likeness (QED) is 0.343. The van der Waals surface area contributed by atoms with Crippen molar-refractivity contribution >= 4 is 0 Å². The van der Waals surface area contributed by atoms with Gasteiger partial charge in [-0.25, -0.2) is 0 Å². The Hall–Kier alpha value is 0.119. The van der Waals surface area contributed by atoms with Crippen LogP contribution in [0.5, 0.6) is 0 Å². The van der Waals surface area contributed by atoms with E-state index in [0.29, 0.717) is 0 Å². The molecule has 0 radical (unpaired) electrons. The molecule has 0 N–H and O–H groups in total. The third kappa shape index (κ3) is 1300. The summed E-state index contributed by atoms with van der Waals surface area (Å²) in [6.45, 7) is 5.00. The summed E-state index contributed by atoms with van der Waals surface area (Å²) in [7, 11) is 0. The minimum absolute atomic E-state index is 1.44. The van der Waals surface area contributed by atoms with Gasteiger partial charge in [-0.1, -0.05) is 0 Å². The van der Waals surface area contributed by atoms with Crippen LogP contribution in [0, 0.1) is 6.92 Å². The molecule has 0 heterocycles. The monoisotopic (exact) mass is 116 g/mol. The molecule has 33 valence electrons. The molecule has 0 aromatic heterocycles. The van der Waals surface area contributed by atoms with Crippen LogP contribution in [0.15, 0.2) is 0 Å². The second-order valence-corrected chi connectivity index (χ2v) is 0.260. The molecule has 0 spiro atoms. The van der Waals surface area contributed by atoms with E-state index >= 15 is 0 Å². The van der Waals surface area contributed by atoms with Crippen molar-refractivity contribution in [2.24, 2.45) is 0 Å². The Balaban J connectivity index is 0. The Morgan fingerprint density at radius 2 is 1.40 bits per heavy atom. The van der Waals surface area contributed by atoms with E-state index in [2.05, 4.69) is 6.92 Å². The van der Waals surface area contributed by atoms with Crippen LogP contribution in [-0.2, 0) is 22.5 Å². The predicted molar refractivity (Wildman–Crippen MR) is 12.4 cm³/mol. The fraction of sp³-hybridized carbons (Fsp3) is 0.500. The zero-order valence-corrected chi connectivity index (χ0v) is 4.08. The summed E-state index contributed by atoms with van der Waals surface area (Å²) in [4.78, 5) is 0. The molecule has 0 saturated heterocycles. The topological polar surface area (TPSA) is 34.1 Å². The molecule has 0 aromatic carbocycles. The van der Waals surface area contributed by atoms with Crippen molar-refractivity contribution in [3.63, 3.8) is 0 Å². The van der Waals surface area contributed by atoms with E-state index in [9.17, 15) is 0 Å². The fourth-order valence-corrected chi connectivity index (χ4v) is 0. The number of hydrogen-bond donors (Lipinski definition) is 0. The van der Waals surface area contributed by atoms with Crippen LogP contribution in [0.2, 0.25) is 0 Å². The van der Waals surface area contributed by atoms with Gasteiger partial charge in [0.05, 0.1) is 0 Å². The van der Waals surface area contributed by atoms with Gasteiger partial charge in [-0.2, -0.15) is 6.92 Å². The molecule has 0 fully saturated rings. The van der Waals surface area contributed by atoms with E-state index in [4.69, 9.17) is 7.67 Å². The molecule has 0 aliphatic carbocycles. The standard InChI is InChI=1S/C2H5.Mn.2O/c1-2;;;/h1H2,2H3;;;/q-1;;;. The Morgan fingerprint density at radius 1 is 1.40 bits per heavy atom. The fourth-order valence-electron chi connectivity index (χ4n) is 0. The van der Waals surface area contributed by atoms with Gasteiger partial charge in [-0.05, 0) is 0 Å². The van der Waals surface area contributed by atoms with Crippen LogP contribution < -0.4 is 0 Å². The van der Waals surface area contributed by atoms with Gasteiger partial charge < -0.3 is 6.92 Å². The molecule has 0 bridgehead atoms. The predicted octanol–water partition coefficient (Wildman–Crippen LogP) is 0.600. The maximum absolute atomic E-state index is 8.41. The molecular weight excluding hydrogens is 111 g/mol. The molecule has 2 nitrogen and oxygen atoms in total. The normalized spacial score (nSPS) is 3.60. The summed E-state index contributed by atoms with van der Waals surface area (Å²) in [6.07, 6.45) is 0.